The van der Waals surface area contributed by atoms with E-state index in [0.717, 1.165) is 17.4 Å². The molecule has 1 aliphatic rings. The summed E-state index contributed by atoms with van der Waals surface area (Å²) >= 11 is 0. The highest BCUT2D eigenvalue weighted by molar-refractivity contribution is 5.79. The van der Waals surface area contributed by atoms with E-state index in [1.165, 1.54) is 0 Å². The number of hydrogen-bond acceptors (Lipinski definition) is 5. The summed E-state index contributed by atoms with van der Waals surface area (Å²) in [5, 5.41) is 6.26. The molecule has 3 heterocycles. The van der Waals surface area contributed by atoms with Gasteiger partial charge in [-0.25, -0.2) is 9.50 Å². The molecule has 1 unspecified atom stereocenters. The molecule has 136 valence electrons. The van der Waals surface area contributed by atoms with Crippen LogP contribution in [0.15, 0.2) is 0 Å². The van der Waals surface area contributed by atoms with Crippen LogP contribution in [-0.4, -0.2) is 44.7 Å². The van der Waals surface area contributed by atoms with Gasteiger partial charge in [0.1, 0.15) is 0 Å². The van der Waals surface area contributed by atoms with Crippen LogP contribution in [0, 0.1) is 13.8 Å². The molecule has 2 aromatic heterocycles. The molecule has 0 aliphatic carbocycles. The number of carbonyl (C=O) groups excluding carboxylic acids is 1. The molecule has 1 amide bonds. The van der Waals surface area contributed by atoms with Gasteiger partial charge in [-0.15, -0.1) is 5.10 Å². The van der Waals surface area contributed by atoms with E-state index < -0.39 is 12.0 Å². The molecule has 3 rings (SSSR count). The first-order valence-corrected chi connectivity index (χ1v) is 7.94. The summed E-state index contributed by atoms with van der Waals surface area (Å²) in [4.78, 5) is 19.6. The third-order valence-corrected chi connectivity index (χ3v) is 4.19. The minimum absolute atomic E-state index is 0.00847. The smallest absolute Gasteiger partial charge is 0.376 e. The lowest BCUT2D eigenvalue weighted by Crippen LogP contribution is -2.33. The van der Waals surface area contributed by atoms with Crippen molar-refractivity contribution in [3.63, 3.8) is 0 Å². The topological polar surface area (TPSA) is 81.4 Å². The zero-order valence-corrected chi connectivity index (χ0v) is 13.9. The van der Waals surface area contributed by atoms with Crippen LogP contribution in [-0.2, 0) is 22.1 Å². The highest BCUT2D eigenvalue weighted by atomic mass is 19.4. The van der Waals surface area contributed by atoms with Gasteiger partial charge in [0.2, 0.25) is 5.91 Å². The van der Waals surface area contributed by atoms with Crippen molar-refractivity contribution in [2.24, 2.45) is 0 Å². The van der Waals surface area contributed by atoms with Crippen molar-refractivity contribution >= 4 is 11.7 Å². The van der Waals surface area contributed by atoms with Crippen LogP contribution in [0.2, 0.25) is 0 Å². The SMILES string of the molecule is Cc1nc2nc(C(F)(F)F)nn2c(C)c1CC(=O)NCC1CCCO1. The fraction of sp³-hybridized carbons (Fsp3) is 0.600. The number of carbonyl (C=O) groups is 1. The number of halogens is 3. The van der Waals surface area contributed by atoms with Crippen LogP contribution >= 0.6 is 0 Å². The molecule has 7 nitrogen and oxygen atoms in total. The zero-order chi connectivity index (χ0) is 18.2. The van der Waals surface area contributed by atoms with Crippen LogP contribution in [0.4, 0.5) is 13.2 Å². The van der Waals surface area contributed by atoms with Gasteiger partial charge in [-0.3, -0.25) is 4.79 Å². The molecule has 0 saturated carbocycles. The van der Waals surface area contributed by atoms with Crippen molar-refractivity contribution in [2.75, 3.05) is 13.2 Å². The van der Waals surface area contributed by atoms with E-state index >= 15 is 0 Å². The molecule has 1 atom stereocenters. The van der Waals surface area contributed by atoms with E-state index in [2.05, 4.69) is 20.4 Å². The van der Waals surface area contributed by atoms with Crippen molar-refractivity contribution in [1.29, 1.82) is 0 Å². The number of nitrogens with zero attached hydrogens (tertiary/aromatic N) is 4. The lowest BCUT2D eigenvalue weighted by atomic mass is 10.1. The molecule has 2 aromatic rings. The Hall–Kier alpha value is -2.23. The number of ether oxygens (including phenoxy) is 1. The third kappa shape index (κ3) is 3.73. The fourth-order valence-corrected chi connectivity index (χ4v) is 2.84. The second-order valence-electron chi connectivity index (χ2n) is 6.02. The maximum atomic E-state index is 12.8. The standard InChI is InChI=1S/C15H18F3N5O2/c1-8-11(6-12(24)19-7-10-4-3-5-25-10)9(2)23-14(20-8)21-13(22-23)15(16,17)18/h10H,3-7H2,1-2H3,(H,19,24). The summed E-state index contributed by atoms with van der Waals surface area (Å²) in [7, 11) is 0. The van der Waals surface area contributed by atoms with Gasteiger partial charge in [0.15, 0.2) is 0 Å². The second kappa shape index (κ2) is 6.58. The highest BCUT2D eigenvalue weighted by Crippen LogP contribution is 2.27. The van der Waals surface area contributed by atoms with Crippen molar-refractivity contribution in [1.82, 2.24) is 24.9 Å². The predicted molar refractivity (Wildman–Crippen MR) is 80.9 cm³/mol. The summed E-state index contributed by atoms with van der Waals surface area (Å²) in [6, 6.07) is 0. The minimum atomic E-state index is -4.65. The number of rotatable bonds is 4. The van der Waals surface area contributed by atoms with Crippen LogP contribution < -0.4 is 5.32 Å². The number of hydrogen-bond donors (Lipinski definition) is 1. The molecule has 0 bridgehead atoms. The van der Waals surface area contributed by atoms with Gasteiger partial charge >= 0.3 is 6.18 Å². The maximum Gasteiger partial charge on any atom is 0.453 e. The van der Waals surface area contributed by atoms with Gasteiger partial charge < -0.3 is 10.1 Å². The Labute approximate surface area is 141 Å². The van der Waals surface area contributed by atoms with Crippen LogP contribution in [0.25, 0.3) is 5.78 Å². The average Bonchev–Trinajstić information content (AvgIpc) is 3.18. The van der Waals surface area contributed by atoms with E-state index in [0.29, 0.717) is 30.1 Å². The first-order valence-electron chi connectivity index (χ1n) is 7.94. The maximum absolute atomic E-state index is 12.8. The van der Waals surface area contributed by atoms with E-state index in [1.807, 2.05) is 0 Å². The Balaban J connectivity index is 1.79. The van der Waals surface area contributed by atoms with E-state index in [-0.39, 0.29) is 24.2 Å². The summed E-state index contributed by atoms with van der Waals surface area (Å²) in [5.74, 6) is -1.62. The molecule has 0 radical (unpaired) electrons. The van der Waals surface area contributed by atoms with Crippen molar-refractivity contribution in [2.45, 2.75) is 45.4 Å². The summed E-state index contributed by atoms with van der Waals surface area (Å²) < 4.78 is 44.8. The number of amides is 1. The monoisotopic (exact) mass is 357 g/mol. The van der Waals surface area contributed by atoms with Gasteiger partial charge in [0, 0.05) is 30.1 Å². The lowest BCUT2D eigenvalue weighted by molar-refractivity contribution is -0.144. The Morgan fingerprint density at radius 3 is 2.76 bits per heavy atom. The van der Waals surface area contributed by atoms with Crippen molar-refractivity contribution in [3.05, 3.63) is 22.8 Å². The van der Waals surface area contributed by atoms with Gasteiger partial charge in [0.25, 0.3) is 11.6 Å². The van der Waals surface area contributed by atoms with Gasteiger partial charge in [-0.05, 0) is 26.7 Å². The van der Waals surface area contributed by atoms with Crippen LogP contribution in [0.3, 0.4) is 0 Å². The quantitative estimate of drug-likeness (QED) is 0.899. The van der Waals surface area contributed by atoms with Crippen molar-refractivity contribution in [3.8, 4) is 0 Å². The number of aryl methyl sites for hydroxylation is 2. The van der Waals surface area contributed by atoms with Gasteiger partial charge in [0.05, 0.1) is 12.5 Å². The summed E-state index contributed by atoms with van der Waals surface area (Å²) in [6.07, 6.45) is -2.73. The number of aromatic nitrogens is 4. The molecular weight excluding hydrogens is 339 g/mol. The number of fused-ring (bicyclic) bond motifs is 1. The Kier molecular flexibility index (Phi) is 4.63. The first kappa shape index (κ1) is 17.6. The Morgan fingerprint density at radius 2 is 2.12 bits per heavy atom. The molecule has 1 saturated heterocycles. The molecule has 1 aliphatic heterocycles. The molecule has 10 heteroatoms. The Morgan fingerprint density at radius 1 is 1.36 bits per heavy atom. The zero-order valence-electron chi connectivity index (χ0n) is 13.9. The number of alkyl halides is 3. The average molecular weight is 357 g/mol. The van der Waals surface area contributed by atoms with Crippen molar-refractivity contribution < 1.29 is 22.7 Å². The normalized spacial score (nSPS) is 18.0. The molecule has 1 N–H and O–H groups in total. The van der Waals surface area contributed by atoms with Crippen LogP contribution in [0.1, 0.15) is 35.6 Å². The van der Waals surface area contributed by atoms with Crippen LogP contribution in [0.5, 0.6) is 0 Å². The number of nitrogens with one attached hydrogen (secondary N) is 1. The van der Waals surface area contributed by atoms with E-state index in [4.69, 9.17) is 4.74 Å². The third-order valence-electron chi connectivity index (χ3n) is 4.19. The lowest BCUT2D eigenvalue weighted by Gasteiger charge is -2.13. The van der Waals surface area contributed by atoms with E-state index in [1.54, 1.807) is 13.8 Å². The second-order valence-corrected chi connectivity index (χ2v) is 6.02. The first-order chi connectivity index (χ1) is 11.8. The van der Waals surface area contributed by atoms with Gasteiger partial charge in [-0.1, -0.05) is 0 Å². The highest BCUT2D eigenvalue weighted by Gasteiger charge is 2.37. The minimum Gasteiger partial charge on any atom is -0.376 e. The molecule has 25 heavy (non-hydrogen) atoms. The molecular formula is C15H18F3N5O2. The Bertz CT molecular complexity index is 797. The largest absolute Gasteiger partial charge is 0.453 e. The summed E-state index contributed by atoms with van der Waals surface area (Å²) in [5.41, 5.74) is 1.41. The summed E-state index contributed by atoms with van der Waals surface area (Å²) in [6.45, 7) is 4.36. The molecule has 0 aromatic carbocycles. The van der Waals surface area contributed by atoms with Gasteiger partial charge in [-0.2, -0.15) is 18.2 Å². The predicted octanol–water partition coefficient (Wildman–Crippen LogP) is 1.60. The molecule has 1 fully saturated rings. The van der Waals surface area contributed by atoms with E-state index in [9.17, 15) is 18.0 Å². The molecule has 0 spiro atoms. The fourth-order valence-electron chi connectivity index (χ4n) is 2.84.